The first-order valence-electron chi connectivity index (χ1n) is 7.47. The Bertz CT molecular complexity index is 766. The zero-order chi connectivity index (χ0) is 16.1. The van der Waals surface area contributed by atoms with Gasteiger partial charge in [-0.05, 0) is 36.2 Å². The quantitative estimate of drug-likeness (QED) is 0.691. The van der Waals surface area contributed by atoms with Crippen LogP contribution in [0.4, 0.5) is 0 Å². The second-order valence-electron chi connectivity index (χ2n) is 4.99. The van der Waals surface area contributed by atoms with Crippen molar-refractivity contribution in [2.24, 2.45) is 0 Å². The summed E-state index contributed by atoms with van der Waals surface area (Å²) in [5.74, 6) is 2.31. The lowest BCUT2D eigenvalue weighted by molar-refractivity contribution is 0.264. The molecule has 3 aromatic rings. The van der Waals surface area contributed by atoms with Crippen molar-refractivity contribution >= 4 is 0 Å². The normalized spacial score (nSPS) is 10.5. The molecule has 0 bridgehead atoms. The number of para-hydroxylation sites is 1. The number of aryl methyl sites for hydroxylation is 1. The molecule has 0 aliphatic heterocycles. The first-order valence-corrected chi connectivity index (χ1v) is 7.47. The van der Waals surface area contributed by atoms with Crippen molar-refractivity contribution in [2.45, 2.75) is 20.0 Å². The molecular formula is C18H18N2O3. The molecule has 23 heavy (non-hydrogen) atoms. The molecule has 0 spiro atoms. The highest BCUT2D eigenvalue weighted by atomic mass is 16.5. The van der Waals surface area contributed by atoms with Gasteiger partial charge in [0.05, 0.1) is 12.7 Å². The smallest absolute Gasteiger partial charge is 0.254 e. The number of rotatable bonds is 6. The van der Waals surface area contributed by atoms with E-state index in [4.69, 9.17) is 13.9 Å². The molecule has 0 unspecified atom stereocenters. The van der Waals surface area contributed by atoms with Gasteiger partial charge in [0.25, 0.3) is 11.8 Å². The molecule has 1 aromatic heterocycles. The Morgan fingerprint density at radius 3 is 2.52 bits per heavy atom. The molecule has 1 heterocycles. The third-order valence-electron chi connectivity index (χ3n) is 3.50. The number of methoxy groups -OCH3 is 1. The van der Waals surface area contributed by atoms with Crippen molar-refractivity contribution in [1.82, 2.24) is 10.2 Å². The molecule has 0 N–H and O–H groups in total. The molecule has 118 valence electrons. The van der Waals surface area contributed by atoms with Crippen LogP contribution in [0.25, 0.3) is 11.5 Å². The Kier molecular flexibility index (Phi) is 4.57. The Hall–Kier alpha value is -2.82. The third-order valence-corrected chi connectivity index (χ3v) is 3.50. The zero-order valence-electron chi connectivity index (χ0n) is 13.2. The number of hydrogen-bond donors (Lipinski definition) is 0. The van der Waals surface area contributed by atoms with Crippen LogP contribution in [0.5, 0.6) is 11.5 Å². The van der Waals surface area contributed by atoms with Crippen LogP contribution < -0.4 is 9.47 Å². The molecule has 0 saturated heterocycles. The summed E-state index contributed by atoms with van der Waals surface area (Å²) in [4.78, 5) is 0. The highest BCUT2D eigenvalue weighted by Gasteiger charge is 2.13. The van der Waals surface area contributed by atoms with Gasteiger partial charge in [0, 0.05) is 0 Å². The molecule has 5 nitrogen and oxygen atoms in total. The molecule has 0 amide bonds. The van der Waals surface area contributed by atoms with Gasteiger partial charge in [-0.15, -0.1) is 10.2 Å². The fourth-order valence-electron chi connectivity index (χ4n) is 2.21. The summed E-state index contributed by atoms with van der Waals surface area (Å²) in [6.07, 6.45) is 1.01. The van der Waals surface area contributed by atoms with Crippen molar-refractivity contribution in [2.75, 3.05) is 7.11 Å². The highest BCUT2D eigenvalue weighted by Crippen LogP contribution is 2.28. The molecule has 0 fully saturated rings. The summed E-state index contributed by atoms with van der Waals surface area (Å²) in [6.45, 7) is 2.35. The number of nitrogens with zero attached hydrogens (tertiary/aromatic N) is 2. The van der Waals surface area contributed by atoms with E-state index in [1.165, 1.54) is 5.56 Å². The Labute approximate surface area is 134 Å². The van der Waals surface area contributed by atoms with Gasteiger partial charge < -0.3 is 13.9 Å². The summed E-state index contributed by atoms with van der Waals surface area (Å²) in [5.41, 5.74) is 2.04. The monoisotopic (exact) mass is 310 g/mol. The Morgan fingerprint density at radius 1 is 1.00 bits per heavy atom. The number of ether oxygens (including phenoxy) is 2. The standard InChI is InChI=1S/C18H18N2O3/c1-3-13-8-10-14(11-9-13)22-12-17-19-20-18(23-17)15-6-4-5-7-16(15)21-2/h4-11H,3,12H2,1-2H3. The van der Waals surface area contributed by atoms with Crippen LogP contribution in [0.15, 0.2) is 52.9 Å². The average Bonchev–Trinajstić information content (AvgIpc) is 3.09. The van der Waals surface area contributed by atoms with E-state index in [1.54, 1.807) is 7.11 Å². The lowest BCUT2D eigenvalue weighted by Gasteiger charge is -2.04. The summed E-state index contributed by atoms with van der Waals surface area (Å²) in [6, 6.07) is 15.5. The van der Waals surface area contributed by atoms with Gasteiger partial charge in [0.2, 0.25) is 0 Å². The number of aromatic nitrogens is 2. The van der Waals surface area contributed by atoms with Crippen LogP contribution in [-0.2, 0) is 13.0 Å². The van der Waals surface area contributed by atoms with Crippen molar-refractivity contribution < 1.29 is 13.9 Å². The minimum Gasteiger partial charge on any atom is -0.496 e. The topological polar surface area (TPSA) is 57.4 Å². The highest BCUT2D eigenvalue weighted by molar-refractivity contribution is 5.62. The predicted octanol–water partition coefficient (Wildman–Crippen LogP) is 3.89. The van der Waals surface area contributed by atoms with Gasteiger partial charge in [0.15, 0.2) is 6.61 Å². The number of benzene rings is 2. The van der Waals surface area contributed by atoms with Gasteiger partial charge in [-0.1, -0.05) is 31.2 Å². The summed E-state index contributed by atoms with van der Waals surface area (Å²) in [7, 11) is 1.61. The van der Waals surface area contributed by atoms with E-state index in [0.29, 0.717) is 17.5 Å². The minimum absolute atomic E-state index is 0.230. The molecule has 3 rings (SSSR count). The average molecular weight is 310 g/mol. The summed E-state index contributed by atoms with van der Waals surface area (Å²) >= 11 is 0. The predicted molar refractivity (Wildman–Crippen MR) is 86.4 cm³/mol. The van der Waals surface area contributed by atoms with E-state index in [0.717, 1.165) is 17.7 Å². The molecule has 0 saturated carbocycles. The van der Waals surface area contributed by atoms with Gasteiger partial charge in [-0.2, -0.15) is 0 Å². The SMILES string of the molecule is CCc1ccc(OCc2nnc(-c3ccccc3OC)o2)cc1. The van der Waals surface area contributed by atoms with E-state index >= 15 is 0 Å². The molecule has 5 heteroatoms. The molecule has 0 radical (unpaired) electrons. The van der Waals surface area contributed by atoms with E-state index in [-0.39, 0.29) is 6.61 Å². The maximum atomic E-state index is 5.67. The minimum atomic E-state index is 0.230. The molecule has 0 aliphatic rings. The van der Waals surface area contributed by atoms with Crippen molar-refractivity contribution in [1.29, 1.82) is 0 Å². The van der Waals surface area contributed by atoms with Crippen molar-refractivity contribution in [3.8, 4) is 23.0 Å². The van der Waals surface area contributed by atoms with Crippen LogP contribution in [0, 0.1) is 0 Å². The van der Waals surface area contributed by atoms with Crippen LogP contribution >= 0.6 is 0 Å². The third kappa shape index (κ3) is 3.51. The summed E-state index contributed by atoms with van der Waals surface area (Å²) in [5, 5.41) is 8.08. The lowest BCUT2D eigenvalue weighted by atomic mass is 10.2. The van der Waals surface area contributed by atoms with Gasteiger partial charge in [-0.25, -0.2) is 0 Å². The first kappa shape index (κ1) is 15.1. The summed E-state index contributed by atoms with van der Waals surface area (Å²) < 4.78 is 16.6. The molecular weight excluding hydrogens is 292 g/mol. The number of hydrogen-bond acceptors (Lipinski definition) is 5. The molecule has 2 aromatic carbocycles. The lowest BCUT2D eigenvalue weighted by Crippen LogP contribution is -1.95. The second kappa shape index (κ2) is 6.96. The zero-order valence-corrected chi connectivity index (χ0v) is 13.2. The van der Waals surface area contributed by atoms with Gasteiger partial charge >= 0.3 is 0 Å². The molecule has 0 atom stereocenters. The van der Waals surface area contributed by atoms with Crippen LogP contribution in [0.1, 0.15) is 18.4 Å². The first-order chi connectivity index (χ1) is 11.3. The van der Waals surface area contributed by atoms with E-state index in [9.17, 15) is 0 Å². The van der Waals surface area contributed by atoms with Crippen LogP contribution in [-0.4, -0.2) is 17.3 Å². The van der Waals surface area contributed by atoms with Crippen molar-refractivity contribution in [3.05, 3.63) is 60.0 Å². The van der Waals surface area contributed by atoms with Crippen molar-refractivity contribution in [3.63, 3.8) is 0 Å². The van der Waals surface area contributed by atoms with Crippen LogP contribution in [0.2, 0.25) is 0 Å². The Balaban J connectivity index is 1.69. The second-order valence-corrected chi connectivity index (χ2v) is 4.99. The van der Waals surface area contributed by atoms with E-state index in [1.807, 2.05) is 48.5 Å². The fourth-order valence-corrected chi connectivity index (χ4v) is 2.21. The van der Waals surface area contributed by atoms with Gasteiger partial charge in [-0.3, -0.25) is 0 Å². The van der Waals surface area contributed by atoms with E-state index < -0.39 is 0 Å². The maximum absolute atomic E-state index is 5.67. The molecule has 0 aliphatic carbocycles. The maximum Gasteiger partial charge on any atom is 0.254 e. The Morgan fingerprint density at radius 2 is 1.78 bits per heavy atom. The van der Waals surface area contributed by atoms with Crippen LogP contribution in [0.3, 0.4) is 0 Å². The fraction of sp³-hybridized carbons (Fsp3) is 0.222. The van der Waals surface area contributed by atoms with E-state index in [2.05, 4.69) is 17.1 Å². The largest absolute Gasteiger partial charge is 0.496 e. The van der Waals surface area contributed by atoms with Gasteiger partial charge in [0.1, 0.15) is 11.5 Å².